The van der Waals surface area contributed by atoms with Gasteiger partial charge in [0, 0.05) is 31.5 Å². The number of hydrogen-bond acceptors (Lipinski definition) is 4. The lowest BCUT2D eigenvalue weighted by molar-refractivity contribution is -0.210. The van der Waals surface area contributed by atoms with Crippen LogP contribution in [0.2, 0.25) is 0 Å². The molecule has 0 aromatic heterocycles. The van der Waals surface area contributed by atoms with Gasteiger partial charge in [-0.1, -0.05) is 30.3 Å². The van der Waals surface area contributed by atoms with Crippen LogP contribution in [0.1, 0.15) is 31.7 Å². The first-order valence-electron chi connectivity index (χ1n) is 8.95. The van der Waals surface area contributed by atoms with Crippen molar-refractivity contribution in [1.82, 2.24) is 4.90 Å². The van der Waals surface area contributed by atoms with Gasteiger partial charge in [0.1, 0.15) is 0 Å². The van der Waals surface area contributed by atoms with Crippen LogP contribution in [-0.4, -0.2) is 53.9 Å². The number of rotatable bonds is 5. The van der Waals surface area contributed by atoms with Crippen molar-refractivity contribution in [2.75, 3.05) is 19.7 Å². The zero-order chi connectivity index (χ0) is 17.2. The summed E-state index contributed by atoms with van der Waals surface area (Å²) in [4.78, 5) is 14.5. The minimum atomic E-state index is -0.504. The fourth-order valence-corrected chi connectivity index (χ4v) is 4.15. The van der Waals surface area contributed by atoms with Gasteiger partial charge in [-0.25, -0.2) is 0 Å². The van der Waals surface area contributed by atoms with Crippen molar-refractivity contribution in [2.24, 2.45) is 11.1 Å². The van der Waals surface area contributed by atoms with Crippen molar-refractivity contribution >= 4 is 18.3 Å². The SMILES string of the molecule is CCOC1CC(O)C12CCN(C(=O)[C@@H](N)Cc1ccccc1)CC2.Cl. The van der Waals surface area contributed by atoms with Gasteiger partial charge in [-0.15, -0.1) is 12.4 Å². The average Bonchev–Trinajstić information content (AvgIpc) is 2.62. The summed E-state index contributed by atoms with van der Waals surface area (Å²) in [6.45, 7) is 3.97. The van der Waals surface area contributed by atoms with Crippen molar-refractivity contribution in [3.63, 3.8) is 0 Å². The fourth-order valence-electron chi connectivity index (χ4n) is 4.15. The monoisotopic (exact) mass is 368 g/mol. The van der Waals surface area contributed by atoms with Gasteiger partial charge in [-0.05, 0) is 31.7 Å². The predicted molar refractivity (Wildman–Crippen MR) is 99.7 cm³/mol. The van der Waals surface area contributed by atoms with E-state index in [1.165, 1.54) is 0 Å². The smallest absolute Gasteiger partial charge is 0.239 e. The predicted octanol–water partition coefficient (Wildman–Crippen LogP) is 1.76. The second-order valence-electron chi connectivity index (χ2n) is 7.05. The molecule has 1 saturated heterocycles. The van der Waals surface area contributed by atoms with Crippen molar-refractivity contribution in [3.8, 4) is 0 Å². The number of nitrogens with zero attached hydrogens (tertiary/aromatic N) is 1. The van der Waals surface area contributed by atoms with E-state index < -0.39 is 6.04 Å². The maximum atomic E-state index is 12.6. The number of halogens is 1. The van der Waals surface area contributed by atoms with Gasteiger partial charge in [0.2, 0.25) is 5.91 Å². The van der Waals surface area contributed by atoms with E-state index >= 15 is 0 Å². The molecule has 1 aromatic carbocycles. The molecule has 1 aliphatic heterocycles. The lowest BCUT2D eigenvalue weighted by Crippen LogP contribution is -2.63. The number of nitrogens with two attached hydrogens (primary N) is 1. The number of aliphatic hydroxyl groups is 1. The van der Waals surface area contributed by atoms with Gasteiger partial charge in [-0.3, -0.25) is 4.79 Å². The highest BCUT2D eigenvalue weighted by atomic mass is 35.5. The Hall–Kier alpha value is -1.14. The van der Waals surface area contributed by atoms with Crippen LogP contribution < -0.4 is 5.73 Å². The molecular weight excluding hydrogens is 340 g/mol. The lowest BCUT2D eigenvalue weighted by Gasteiger charge is -2.56. The van der Waals surface area contributed by atoms with Gasteiger partial charge >= 0.3 is 0 Å². The second kappa shape index (κ2) is 8.49. The average molecular weight is 369 g/mol. The van der Waals surface area contributed by atoms with E-state index in [-0.39, 0.29) is 35.9 Å². The molecule has 1 aliphatic carbocycles. The molecule has 1 amide bonds. The van der Waals surface area contributed by atoms with Gasteiger partial charge in [-0.2, -0.15) is 0 Å². The highest BCUT2D eigenvalue weighted by Crippen LogP contribution is 2.50. The summed E-state index contributed by atoms with van der Waals surface area (Å²) < 4.78 is 5.78. The molecule has 3 atom stereocenters. The van der Waals surface area contributed by atoms with Crippen molar-refractivity contribution in [3.05, 3.63) is 35.9 Å². The Labute approximate surface area is 155 Å². The molecule has 3 rings (SSSR count). The maximum Gasteiger partial charge on any atom is 0.239 e. The standard InChI is InChI=1S/C19H28N2O3.ClH/c1-2-24-17-13-16(22)19(17)8-10-21(11-9-19)18(23)15(20)12-14-6-4-3-5-7-14;/h3-7,15-17,22H,2,8-13,20H2,1H3;1H/t15-,16?,17?;/m0./s1. The zero-order valence-corrected chi connectivity index (χ0v) is 15.6. The van der Waals surface area contributed by atoms with Crippen molar-refractivity contribution in [2.45, 2.75) is 50.9 Å². The fraction of sp³-hybridized carbons (Fsp3) is 0.632. The topological polar surface area (TPSA) is 75.8 Å². The third-order valence-electron chi connectivity index (χ3n) is 5.73. The number of amides is 1. The molecule has 1 spiro atoms. The summed E-state index contributed by atoms with van der Waals surface area (Å²) in [5.74, 6) is 0.00970. The van der Waals surface area contributed by atoms with Crippen LogP contribution in [0.5, 0.6) is 0 Å². The molecule has 5 nitrogen and oxygen atoms in total. The summed E-state index contributed by atoms with van der Waals surface area (Å²) in [6, 6.07) is 9.37. The summed E-state index contributed by atoms with van der Waals surface area (Å²) in [5, 5.41) is 10.2. The number of aliphatic hydroxyl groups excluding tert-OH is 1. The Morgan fingerprint density at radius 2 is 2.00 bits per heavy atom. The molecule has 0 radical (unpaired) electrons. The first-order valence-corrected chi connectivity index (χ1v) is 8.95. The second-order valence-corrected chi connectivity index (χ2v) is 7.05. The molecule has 3 N–H and O–H groups in total. The van der Waals surface area contributed by atoms with Crippen LogP contribution in [0.25, 0.3) is 0 Å². The first-order chi connectivity index (χ1) is 11.6. The third-order valence-corrected chi connectivity index (χ3v) is 5.73. The zero-order valence-electron chi connectivity index (χ0n) is 14.8. The summed E-state index contributed by atoms with van der Waals surface area (Å²) >= 11 is 0. The molecule has 2 fully saturated rings. The molecule has 0 bridgehead atoms. The number of carbonyl (C=O) groups excluding carboxylic acids is 1. The lowest BCUT2D eigenvalue weighted by atomic mass is 9.58. The van der Waals surface area contributed by atoms with Crippen LogP contribution in [0.15, 0.2) is 30.3 Å². The van der Waals surface area contributed by atoms with E-state index in [1.807, 2.05) is 42.2 Å². The number of ether oxygens (including phenoxy) is 1. The Morgan fingerprint density at radius 3 is 2.56 bits per heavy atom. The quantitative estimate of drug-likeness (QED) is 0.830. The molecule has 2 unspecified atom stereocenters. The Kier molecular flexibility index (Phi) is 6.86. The Morgan fingerprint density at radius 1 is 1.36 bits per heavy atom. The van der Waals surface area contributed by atoms with Crippen molar-refractivity contribution in [1.29, 1.82) is 0 Å². The maximum absolute atomic E-state index is 12.6. The van der Waals surface area contributed by atoms with Gasteiger partial charge in [0.25, 0.3) is 0 Å². The van der Waals surface area contributed by atoms with Gasteiger partial charge < -0.3 is 20.5 Å². The number of hydrogen-bond donors (Lipinski definition) is 2. The number of benzene rings is 1. The molecule has 1 saturated carbocycles. The summed E-state index contributed by atoms with van der Waals surface area (Å²) in [5.41, 5.74) is 7.06. The Balaban J connectivity index is 0.00000225. The largest absolute Gasteiger partial charge is 0.392 e. The number of likely N-dealkylation sites (tertiary alicyclic amines) is 1. The van der Waals surface area contributed by atoms with Crippen LogP contribution in [0, 0.1) is 5.41 Å². The Bertz CT molecular complexity index is 559. The first kappa shape index (κ1) is 20.2. The van der Waals surface area contributed by atoms with E-state index in [1.54, 1.807) is 0 Å². The molecule has 140 valence electrons. The van der Waals surface area contributed by atoms with E-state index in [0.29, 0.717) is 26.1 Å². The van der Waals surface area contributed by atoms with E-state index in [0.717, 1.165) is 24.8 Å². The van der Waals surface area contributed by atoms with E-state index in [2.05, 4.69) is 0 Å². The highest BCUT2D eigenvalue weighted by molar-refractivity contribution is 5.85. The number of carbonyl (C=O) groups is 1. The van der Waals surface area contributed by atoms with Gasteiger partial charge in [0.15, 0.2) is 0 Å². The highest BCUT2D eigenvalue weighted by Gasteiger charge is 2.56. The summed E-state index contributed by atoms with van der Waals surface area (Å²) in [7, 11) is 0. The van der Waals surface area contributed by atoms with E-state index in [9.17, 15) is 9.90 Å². The van der Waals surface area contributed by atoms with Crippen LogP contribution in [0.4, 0.5) is 0 Å². The molecular formula is C19H29ClN2O3. The van der Waals surface area contributed by atoms with Crippen LogP contribution in [0.3, 0.4) is 0 Å². The van der Waals surface area contributed by atoms with Crippen LogP contribution in [-0.2, 0) is 16.0 Å². The molecule has 25 heavy (non-hydrogen) atoms. The normalized spacial score (nSPS) is 25.8. The van der Waals surface area contributed by atoms with Gasteiger partial charge in [0.05, 0.1) is 18.2 Å². The minimum Gasteiger partial charge on any atom is -0.392 e. The summed E-state index contributed by atoms with van der Waals surface area (Å²) in [6.07, 6.45) is 2.70. The number of piperidine rings is 1. The third kappa shape index (κ3) is 4.00. The minimum absolute atomic E-state index is 0. The molecule has 2 aliphatic rings. The molecule has 1 aromatic rings. The van der Waals surface area contributed by atoms with E-state index in [4.69, 9.17) is 10.5 Å². The molecule has 1 heterocycles. The van der Waals surface area contributed by atoms with Crippen LogP contribution >= 0.6 is 12.4 Å². The van der Waals surface area contributed by atoms with Crippen molar-refractivity contribution < 1.29 is 14.6 Å². The molecule has 6 heteroatoms.